The van der Waals surface area contributed by atoms with Gasteiger partial charge in [0.15, 0.2) is 5.60 Å². The molecule has 11 heavy (non-hydrogen) atoms. The SMILES string of the molecule is N#C[C@]1(O)CC[C@H]2CC=C[C@H]21. The Labute approximate surface area is 66.1 Å². The van der Waals surface area contributed by atoms with E-state index in [1.54, 1.807) is 0 Å². The Balaban J connectivity index is 2.28. The topological polar surface area (TPSA) is 44.0 Å². The average molecular weight is 149 g/mol. The summed E-state index contributed by atoms with van der Waals surface area (Å²) in [5.41, 5.74) is -1.04. The lowest BCUT2D eigenvalue weighted by molar-refractivity contribution is 0.0713. The van der Waals surface area contributed by atoms with Crippen LogP contribution in [0.2, 0.25) is 0 Å². The number of nitrogens with zero attached hydrogens (tertiary/aromatic N) is 1. The number of aliphatic hydroxyl groups is 1. The van der Waals surface area contributed by atoms with E-state index in [4.69, 9.17) is 5.26 Å². The van der Waals surface area contributed by atoms with Crippen LogP contribution in [0.25, 0.3) is 0 Å². The molecule has 2 aliphatic carbocycles. The molecule has 2 heteroatoms. The van der Waals surface area contributed by atoms with Crippen molar-refractivity contribution in [3.8, 4) is 6.07 Å². The van der Waals surface area contributed by atoms with Gasteiger partial charge in [-0.3, -0.25) is 0 Å². The fourth-order valence-electron chi connectivity index (χ4n) is 2.25. The van der Waals surface area contributed by atoms with E-state index in [2.05, 4.69) is 6.08 Å². The summed E-state index contributed by atoms with van der Waals surface area (Å²) in [6.45, 7) is 0. The van der Waals surface area contributed by atoms with Crippen molar-refractivity contribution in [3.63, 3.8) is 0 Å². The molecule has 0 radical (unpaired) electrons. The molecule has 0 amide bonds. The minimum absolute atomic E-state index is 0.118. The second kappa shape index (κ2) is 2.09. The Morgan fingerprint density at radius 1 is 1.64 bits per heavy atom. The molecular weight excluding hydrogens is 138 g/mol. The molecule has 58 valence electrons. The fraction of sp³-hybridized carbons (Fsp3) is 0.667. The van der Waals surface area contributed by atoms with Crippen LogP contribution < -0.4 is 0 Å². The van der Waals surface area contributed by atoms with Crippen LogP contribution in [0, 0.1) is 23.2 Å². The molecule has 3 atom stereocenters. The van der Waals surface area contributed by atoms with Crippen LogP contribution in [0.15, 0.2) is 12.2 Å². The van der Waals surface area contributed by atoms with Crippen LogP contribution in [0.5, 0.6) is 0 Å². The van der Waals surface area contributed by atoms with Crippen molar-refractivity contribution in [1.29, 1.82) is 5.26 Å². The molecule has 0 saturated heterocycles. The molecule has 0 aliphatic heterocycles. The van der Waals surface area contributed by atoms with E-state index in [9.17, 15) is 5.11 Å². The van der Waals surface area contributed by atoms with Crippen molar-refractivity contribution in [3.05, 3.63) is 12.2 Å². The monoisotopic (exact) mass is 149 g/mol. The number of nitriles is 1. The van der Waals surface area contributed by atoms with E-state index < -0.39 is 5.60 Å². The summed E-state index contributed by atoms with van der Waals surface area (Å²) in [7, 11) is 0. The lowest BCUT2D eigenvalue weighted by Crippen LogP contribution is -2.30. The van der Waals surface area contributed by atoms with Crippen LogP contribution in [0.4, 0.5) is 0 Å². The van der Waals surface area contributed by atoms with Crippen LogP contribution >= 0.6 is 0 Å². The first-order valence-electron chi connectivity index (χ1n) is 4.06. The van der Waals surface area contributed by atoms with E-state index in [-0.39, 0.29) is 5.92 Å². The zero-order valence-electron chi connectivity index (χ0n) is 6.33. The number of rotatable bonds is 0. The third-order valence-electron chi connectivity index (χ3n) is 2.93. The van der Waals surface area contributed by atoms with Gasteiger partial charge in [-0.15, -0.1) is 0 Å². The number of fused-ring (bicyclic) bond motifs is 1. The highest BCUT2D eigenvalue weighted by Crippen LogP contribution is 2.45. The summed E-state index contributed by atoms with van der Waals surface area (Å²) < 4.78 is 0. The van der Waals surface area contributed by atoms with Crippen molar-refractivity contribution in [2.45, 2.75) is 24.9 Å². The molecule has 0 aromatic rings. The highest BCUT2D eigenvalue weighted by atomic mass is 16.3. The van der Waals surface area contributed by atoms with E-state index in [0.717, 1.165) is 12.8 Å². The third-order valence-corrected chi connectivity index (χ3v) is 2.93. The average Bonchev–Trinajstić information content (AvgIpc) is 2.55. The first-order chi connectivity index (χ1) is 5.26. The smallest absolute Gasteiger partial charge is 0.157 e. The Morgan fingerprint density at radius 3 is 3.18 bits per heavy atom. The van der Waals surface area contributed by atoms with E-state index >= 15 is 0 Å². The maximum absolute atomic E-state index is 9.76. The minimum Gasteiger partial charge on any atom is -0.375 e. The lowest BCUT2D eigenvalue weighted by Gasteiger charge is -2.19. The van der Waals surface area contributed by atoms with Gasteiger partial charge >= 0.3 is 0 Å². The van der Waals surface area contributed by atoms with Gasteiger partial charge in [-0.25, -0.2) is 0 Å². The maximum atomic E-state index is 9.76. The second-order valence-electron chi connectivity index (χ2n) is 3.52. The molecule has 2 rings (SSSR count). The van der Waals surface area contributed by atoms with Gasteiger partial charge in [0.1, 0.15) is 0 Å². The van der Waals surface area contributed by atoms with Gasteiger partial charge in [0.2, 0.25) is 0 Å². The zero-order chi connectivity index (χ0) is 7.90. The van der Waals surface area contributed by atoms with Crippen molar-refractivity contribution >= 4 is 0 Å². The van der Waals surface area contributed by atoms with E-state index in [1.807, 2.05) is 12.1 Å². The Morgan fingerprint density at radius 2 is 2.45 bits per heavy atom. The van der Waals surface area contributed by atoms with Gasteiger partial charge < -0.3 is 5.11 Å². The fourth-order valence-corrected chi connectivity index (χ4v) is 2.25. The highest BCUT2D eigenvalue weighted by molar-refractivity contribution is 5.20. The number of allylic oxidation sites excluding steroid dienone is 1. The number of hydrogen-bond donors (Lipinski definition) is 1. The summed E-state index contributed by atoms with van der Waals surface area (Å²) in [5, 5.41) is 18.5. The summed E-state index contributed by atoms with van der Waals surface area (Å²) in [5.74, 6) is 0.659. The summed E-state index contributed by atoms with van der Waals surface area (Å²) >= 11 is 0. The van der Waals surface area contributed by atoms with Crippen LogP contribution in [0.1, 0.15) is 19.3 Å². The maximum Gasteiger partial charge on any atom is 0.157 e. The zero-order valence-corrected chi connectivity index (χ0v) is 6.33. The van der Waals surface area contributed by atoms with Gasteiger partial charge in [0.25, 0.3) is 0 Å². The van der Waals surface area contributed by atoms with Gasteiger partial charge in [-0.2, -0.15) is 5.26 Å². The van der Waals surface area contributed by atoms with Crippen molar-refractivity contribution in [2.75, 3.05) is 0 Å². The van der Waals surface area contributed by atoms with Crippen LogP contribution in [-0.4, -0.2) is 10.7 Å². The van der Waals surface area contributed by atoms with Crippen molar-refractivity contribution in [1.82, 2.24) is 0 Å². The standard InChI is InChI=1S/C9H11NO/c10-6-9(11)5-4-7-2-1-3-8(7)9/h1,3,7-8,11H,2,4-5H2/t7-,8-,9-/m1/s1. The molecule has 0 aromatic heterocycles. The quantitative estimate of drug-likeness (QED) is 0.416. The lowest BCUT2D eigenvalue weighted by atomic mass is 9.90. The first kappa shape index (κ1) is 6.87. The predicted molar refractivity (Wildman–Crippen MR) is 40.5 cm³/mol. The van der Waals surface area contributed by atoms with Crippen LogP contribution in [0.3, 0.4) is 0 Å². The summed E-state index contributed by atoms with van der Waals surface area (Å²) in [6, 6.07) is 2.02. The molecule has 0 spiro atoms. The summed E-state index contributed by atoms with van der Waals surface area (Å²) in [4.78, 5) is 0. The minimum atomic E-state index is -1.04. The van der Waals surface area contributed by atoms with Gasteiger partial charge in [-0.1, -0.05) is 12.2 Å². The molecule has 0 unspecified atom stereocenters. The van der Waals surface area contributed by atoms with E-state index in [0.29, 0.717) is 12.3 Å². The molecule has 0 bridgehead atoms. The molecule has 2 nitrogen and oxygen atoms in total. The largest absolute Gasteiger partial charge is 0.375 e. The molecule has 1 fully saturated rings. The molecule has 1 N–H and O–H groups in total. The molecule has 0 heterocycles. The second-order valence-corrected chi connectivity index (χ2v) is 3.52. The third kappa shape index (κ3) is 0.812. The van der Waals surface area contributed by atoms with Crippen molar-refractivity contribution in [2.24, 2.45) is 11.8 Å². The predicted octanol–water partition coefficient (Wildman–Crippen LogP) is 1.23. The highest BCUT2D eigenvalue weighted by Gasteiger charge is 2.47. The van der Waals surface area contributed by atoms with Crippen molar-refractivity contribution < 1.29 is 5.11 Å². The normalized spacial score (nSPS) is 47.3. The molecule has 0 aromatic carbocycles. The van der Waals surface area contributed by atoms with Gasteiger partial charge in [-0.05, 0) is 25.2 Å². The van der Waals surface area contributed by atoms with Crippen LogP contribution in [-0.2, 0) is 0 Å². The first-order valence-corrected chi connectivity index (χ1v) is 4.06. The Bertz CT molecular complexity index is 240. The number of hydrogen-bond acceptors (Lipinski definition) is 2. The van der Waals surface area contributed by atoms with Gasteiger partial charge in [0.05, 0.1) is 6.07 Å². The van der Waals surface area contributed by atoms with Gasteiger partial charge in [0, 0.05) is 5.92 Å². The van der Waals surface area contributed by atoms with E-state index in [1.165, 1.54) is 0 Å². The molecule has 2 aliphatic rings. The Kier molecular flexibility index (Phi) is 1.30. The summed E-state index contributed by atoms with van der Waals surface area (Å²) in [6.07, 6.45) is 6.79. The molecule has 1 saturated carbocycles. The Hall–Kier alpha value is -0.810. The molecular formula is C9H11NO.